The molecule has 2 rings (SSSR count). The van der Waals surface area contributed by atoms with Crippen molar-refractivity contribution in [2.24, 2.45) is 5.73 Å². The Bertz CT molecular complexity index is 556. The first-order valence-corrected chi connectivity index (χ1v) is 6.25. The van der Waals surface area contributed by atoms with Gasteiger partial charge in [0.25, 0.3) is 0 Å². The van der Waals surface area contributed by atoms with Crippen molar-refractivity contribution in [3.63, 3.8) is 0 Å². The van der Waals surface area contributed by atoms with E-state index in [0.717, 1.165) is 6.07 Å². The van der Waals surface area contributed by atoms with Gasteiger partial charge in [0, 0.05) is 12.1 Å². The highest BCUT2D eigenvalue weighted by atomic mass is 19.4. The topological polar surface area (TPSA) is 55.1 Å². The Hall–Kier alpha value is -1.70. The van der Waals surface area contributed by atoms with E-state index < -0.39 is 18.1 Å². The number of anilines is 1. The molecule has 1 heterocycles. The number of amides is 1. The monoisotopic (exact) mass is 308 g/mol. The smallest absolute Gasteiger partial charge is 0.326 e. The summed E-state index contributed by atoms with van der Waals surface area (Å²) in [6.45, 7) is 0. The quantitative estimate of drug-likeness (QED) is 0.825. The maximum absolute atomic E-state index is 13.3. The van der Waals surface area contributed by atoms with Crippen molar-refractivity contribution in [1.82, 2.24) is 0 Å². The maximum Gasteiger partial charge on any atom is 0.455 e. The molecule has 0 aromatic heterocycles. The molecule has 1 amide bonds. The lowest BCUT2D eigenvalue weighted by Gasteiger charge is -2.26. The Kier molecular flexibility index (Phi) is 3.92. The number of nitrogens with two attached hydrogens (primary N) is 1. The molecule has 0 spiro atoms. The Balaban J connectivity index is 2.34. The Morgan fingerprint density at radius 1 is 1.14 bits per heavy atom. The van der Waals surface area contributed by atoms with Crippen LogP contribution in [-0.4, -0.2) is 18.0 Å². The third-order valence-electron chi connectivity index (χ3n) is 3.38. The number of hydrogen-bond donors (Lipinski definition) is 2. The van der Waals surface area contributed by atoms with Crippen LogP contribution in [0.2, 0.25) is 0 Å². The summed E-state index contributed by atoms with van der Waals surface area (Å²) < 4.78 is 63.5. The number of hydrogen-bond acceptors (Lipinski definition) is 2. The van der Waals surface area contributed by atoms with E-state index >= 15 is 0 Å². The second-order valence-corrected chi connectivity index (χ2v) is 4.92. The fraction of sp³-hybridized carbons (Fsp3) is 0.462. The lowest BCUT2D eigenvalue weighted by Crippen LogP contribution is -2.45. The molecule has 1 unspecified atom stereocenters. The highest BCUT2D eigenvalue weighted by Crippen LogP contribution is 2.43. The average molecular weight is 308 g/mol. The Morgan fingerprint density at radius 2 is 1.81 bits per heavy atom. The van der Waals surface area contributed by atoms with E-state index in [-0.39, 0.29) is 17.9 Å². The molecule has 1 aromatic rings. The van der Waals surface area contributed by atoms with Gasteiger partial charge in [-0.3, -0.25) is 4.79 Å². The highest BCUT2D eigenvalue weighted by molar-refractivity contribution is 5.92. The molecule has 0 bridgehead atoms. The SMILES string of the molecule is NC(c1ccc2c(c1)CCCC(=O)N2)C(F)(F)C(F)(F)F. The summed E-state index contributed by atoms with van der Waals surface area (Å²) in [6.07, 6.45) is -4.54. The largest absolute Gasteiger partial charge is 0.455 e. The molecular weight excluding hydrogens is 295 g/mol. The minimum absolute atomic E-state index is 0.216. The number of alkyl halides is 5. The number of carbonyl (C=O) groups is 1. The summed E-state index contributed by atoms with van der Waals surface area (Å²) in [4.78, 5) is 11.4. The van der Waals surface area contributed by atoms with Crippen molar-refractivity contribution >= 4 is 11.6 Å². The summed E-state index contributed by atoms with van der Waals surface area (Å²) in [6, 6.07) is 1.10. The second-order valence-electron chi connectivity index (χ2n) is 4.92. The Labute approximate surface area is 117 Å². The van der Waals surface area contributed by atoms with E-state index in [4.69, 9.17) is 5.73 Å². The molecule has 3 nitrogen and oxygen atoms in total. The van der Waals surface area contributed by atoms with E-state index in [1.165, 1.54) is 12.1 Å². The molecule has 0 aliphatic carbocycles. The van der Waals surface area contributed by atoms with E-state index in [9.17, 15) is 26.7 Å². The summed E-state index contributed by atoms with van der Waals surface area (Å²) in [5.41, 5.74) is 5.71. The van der Waals surface area contributed by atoms with Crippen LogP contribution in [0.15, 0.2) is 18.2 Å². The molecule has 0 saturated heterocycles. The second kappa shape index (κ2) is 5.25. The normalized spacial score (nSPS) is 17.7. The molecule has 0 radical (unpaired) electrons. The van der Waals surface area contributed by atoms with Gasteiger partial charge in [0.1, 0.15) is 6.04 Å². The van der Waals surface area contributed by atoms with Crippen LogP contribution >= 0.6 is 0 Å². The van der Waals surface area contributed by atoms with Crippen LogP contribution in [0.3, 0.4) is 0 Å². The zero-order valence-corrected chi connectivity index (χ0v) is 10.8. The average Bonchev–Trinajstić information content (AvgIpc) is 2.56. The molecule has 1 aliphatic rings. The Morgan fingerprint density at radius 3 is 2.43 bits per heavy atom. The van der Waals surface area contributed by atoms with Gasteiger partial charge >= 0.3 is 12.1 Å². The van der Waals surface area contributed by atoms with Gasteiger partial charge in [0.05, 0.1) is 0 Å². The van der Waals surface area contributed by atoms with Gasteiger partial charge in [-0.25, -0.2) is 0 Å². The van der Waals surface area contributed by atoms with E-state index in [1.54, 1.807) is 0 Å². The van der Waals surface area contributed by atoms with Crippen LogP contribution in [0.25, 0.3) is 0 Å². The molecule has 116 valence electrons. The molecule has 3 N–H and O–H groups in total. The predicted molar refractivity (Wildman–Crippen MR) is 65.9 cm³/mol. The molecule has 0 saturated carbocycles. The van der Waals surface area contributed by atoms with Crippen LogP contribution in [0, 0.1) is 0 Å². The van der Waals surface area contributed by atoms with Crippen molar-refractivity contribution in [2.75, 3.05) is 5.32 Å². The van der Waals surface area contributed by atoms with Crippen molar-refractivity contribution in [3.8, 4) is 0 Å². The van der Waals surface area contributed by atoms with Gasteiger partial charge in [0.2, 0.25) is 5.91 Å². The summed E-state index contributed by atoms with van der Waals surface area (Å²) in [5.74, 6) is -5.23. The summed E-state index contributed by atoms with van der Waals surface area (Å²) in [7, 11) is 0. The number of aryl methyl sites for hydroxylation is 1. The lowest BCUT2D eigenvalue weighted by atomic mass is 9.96. The van der Waals surface area contributed by atoms with Gasteiger partial charge < -0.3 is 11.1 Å². The molecule has 1 aliphatic heterocycles. The van der Waals surface area contributed by atoms with Crippen LogP contribution in [-0.2, 0) is 11.2 Å². The minimum Gasteiger partial charge on any atom is -0.326 e. The zero-order valence-electron chi connectivity index (χ0n) is 10.8. The van der Waals surface area contributed by atoms with Gasteiger partial charge in [-0.15, -0.1) is 0 Å². The molecule has 0 fully saturated rings. The van der Waals surface area contributed by atoms with Crippen molar-refractivity contribution in [3.05, 3.63) is 29.3 Å². The predicted octanol–water partition coefficient (Wildman–Crippen LogP) is 3.16. The standard InChI is InChI=1S/C13H13F5N2O/c14-12(15,13(16,17)18)11(19)8-4-5-9-7(6-8)2-1-3-10(21)20-9/h4-6,11H,1-3,19H2,(H,20,21). The van der Waals surface area contributed by atoms with Gasteiger partial charge in [-0.1, -0.05) is 12.1 Å². The summed E-state index contributed by atoms with van der Waals surface area (Å²) in [5, 5.41) is 2.57. The molecular formula is C13H13F5N2O. The van der Waals surface area contributed by atoms with Crippen LogP contribution < -0.4 is 11.1 Å². The zero-order chi connectivity index (χ0) is 15.8. The fourth-order valence-electron chi connectivity index (χ4n) is 2.17. The molecule has 1 aromatic carbocycles. The van der Waals surface area contributed by atoms with Gasteiger partial charge in [-0.2, -0.15) is 22.0 Å². The first kappa shape index (κ1) is 15.7. The lowest BCUT2D eigenvalue weighted by molar-refractivity contribution is -0.291. The first-order chi connectivity index (χ1) is 9.63. The molecule has 1 atom stereocenters. The fourth-order valence-corrected chi connectivity index (χ4v) is 2.17. The number of nitrogens with one attached hydrogen (secondary N) is 1. The maximum atomic E-state index is 13.3. The number of carbonyl (C=O) groups excluding carboxylic acids is 1. The third-order valence-corrected chi connectivity index (χ3v) is 3.38. The highest BCUT2D eigenvalue weighted by Gasteiger charge is 2.61. The van der Waals surface area contributed by atoms with Crippen molar-refractivity contribution in [2.45, 2.75) is 37.4 Å². The minimum atomic E-state index is -5.71. The van der Waals surface area contributed by atoms with Gasteiger partial charge in [0.15, 0.2) is 0 Å². The number of fused-ring (bicyclic) bond motifs is 1. The van der Waals surface area contributed by atoms with Crippen molar-refractivity contribution in [1.29, 1.82) is 0 Å². The van der Waals surface area contributed by atoms with E-state index in [1.807, 2.05) is 0 Å². The number of halogens is 5. The third kappa shape index (κ3) is 2.99. The van der Waals surface area contributed by atoms with Gasteiger partial charge in [-0.05, 0) is 30.0 Å². The molecule has 8 heteroatoms. The first-order valence-electron chi connectivity index (χ1n) is 6.25. The summed E-state index contributed by atoms with van der Waals surface area (Å²) >= 11 is 0. The van der Waals surface area contributed by atoms with E-state index in [0.29, 0.717) is 24.1 Å². The van der Waals surface area contributed by atoms with Crippen LogP contribution in [0.1, 0.15) is 30.0 Å². The molecule has 21 heavy (non-hydrogen) atoms. The van der Waals surface area contributed by atoms with Crippen molar-refractivity contribution < 1.29 is 26.7 Å². The number of benzene rings is 1. The van der Waals surface area contributed by atoms with E-state index in [2.05, 4.69) is 5.32 Å². The van der Waals surface area contributed by atoms with Crippen LogP contribution in [0.5, 0.6) is 0 Å². The van der Waals surface area contributed by atoms with Crippen LogP contribution in [0.4, 0.5) is 27.6 Å². The number of rotatable bonds is 2.